The molecule has 2 aromatic rings. The van der Waals surface area contributed by atoms with Crippen molar-refractivity contribution in [2.75, 3.05) is 13.2 Å². The van der Waals surface area contributed by atoms with Crippen molar-refractivity contribution < 1.29 is 14.2 Å². The van der Waals surface area contributed by atoms with Gasteiger partial charge in [0.15, 0.2) is 6.29 Å². The van der Waals surface area contributed by atoms with E-state index in [9.17, 15) is 0 Å². The van der Waals surface area contributed by atoms with Crippen LogP contribution in [-0.4, -0.2) is 13.2 Å². The zero-order valence-electron chi connectivity index (χ0n) is 10.8. The van der Waals surface area contributed by atoms with Crippen molar-refractivity contribution in [1.82, 2.24) is 0 Å². The van der Waals surface area contributed by atoms with E-state index in [0.717, 1.165) is 22.6 Å². The maximum Gasteiger partial charge on any atom is 0.184 e. The van der Waals surface area contributed by atoms with Crippen molar-refractivity contribution in [2.24, 2.45) is 0 Å². The van der Waals surface area contributed by atoms with E-state index in [-0.39, 0.29) is 6.29 Å². The van der Waals surface area contributed by atoms with Gasteiger partial charge in [0.25, 0.3) is 0 Å². The van der Waals surface area contributed by atoms with Gasteiger partial charge < -0.3 is 14.2 Å². The lowest BCUT2D eigenvalue weighted by Gasteiger charge is -2.12. The average Bonchev–Trinajstić information content (AvgIpc) is 2.96. The summed E-state index contributed by atoms with van der Waals surface area (Å²) in [5.74, 6) is 1.67. The molecule has 98 valence electrons. The first-order valence-corrected chi connectivity index (χ1v) is 6.39. The third-order valence-corrected chi connectivity index (χ3v) is 3.07. The highest BCUT2D eigenvalue weighted by Gasteiger charge is 2.18. The molecule has 3 nitrogen and oxygen atoms in total. The summed E-state index contributed by atoms with van der Waals surface area (Å²) in [6.45, 7) is 3.32. The fourth-order valence-electron chi connectivity index (χ4n) is 2.07. The molecule has 0 amide bonds. The minimum Gasteiger partial charge on any atom is -0.457 e. The third-order valence-electron chi connectivity index (χ3n) is 3.07. The van der Waals surface area contributed by atoms with Crippen LogP contribution in [0, 0.1) is 6.92 Å². The number of para-hydroxylation sites is 1. The van der Waals surface area contributed by atoms with Crippen molar-refractivity contribution in [2.45, 2.75) is 13.2 Å². The normalized spacial score (nSPS) is 15.6. The summed E-state index contributed by atoms with van der Waals surface area (Å²) in [5.41, 5.74) is 2.10. The van der Waals surface area contributed by atoms with Crippen LogP contribution >= 0.6 is 0 Å². The molecule has 0 spiro atoms. The van der Waals surface area contributed by atoms with Crippen LogP contribution in [0.4, 0.5) is 0 Å². The molecule has 0 radical (unpaired) electrons. The molecule has 0 unspecified atom stereocenters. The molecule has 0 saturated carbocycles. The van der Waals surface area contributed by atoms with Gasteiger partial charge in [0.1, 0.15) is 11.5 Å². The molecule has 0 atom stereocenters. The van der Waals surface area contributed by atoms with Crippen molar-refractivity contribution in [3.63, 3.8) is 0 Å². The molecule has 19 heavy (non-hydrogen) atoms. The van der Waals surface area contributed by atoms with E-state index in [2.05, 4.69) is 0 Å². The lowest BCUT2D eigenvalue weighted by molar-refractivity contribution is -0.0442. The van der Waals surface area contributed by atoms with E-state index in [1.165, 1.54) is 0 Å². The number of hydrogen-bond donors (Lipinski definition) is 0. The highest BCUT2D eigenvalue weighted by atomic mass is 16.7. The Morgan fingerprint density at radius 1 is 1.00 bits per heavy atom. The smallest absolute Gasteiger partial charge is 0.184 e. The monoisotopic (exact) mass is 256 g/mol. The lowest BCUT2D eigenvalue weighted by atomic mass is 10.2. The number of aryl methyl sites for hydroxylation is 1. The summed E-state index contributed by atoms with van der Waals surface area (Å²) in [6, 6.07) is 15.8. The Morgan fingerprint density at radius 3 is 2.58 bits per heavy atom. The Bertz CT molecular complexity index is 559. The van der Waals surface area contributed by atoms with E-state index in [0.29, 0.717) is 13.2 Å². The van der Waals surface area contributed by atoms with Crippen LogP contribution in [0.25, 0.3) is 0 Å². The van der Waals surface area contributed by atoms with Crippen LogP contribution in [0.3, 0.4) is 0 Å². The Kier molecular flexibility index (Phi) is 3.49. The molecular weight excluding hydrogens is 240 g/mol. The summed E-state index contributed by atoms with van der Waals surface area (Å²) >= 11 is 0. The largest absolute Gasteiger partial charge is 0.457 e. The maximum absolute atomic E-state index is 5.90. The Morgan fingerprint density at radius 2 is 1.79 bits per heavy atom. The molecule has 1 fully saturated rings. The van der Waals surface area contributed by atoms with Gasteiger partial charge in [0.05, 0.1) is 13.2 Å². The van der Waals surface area contributed by atoms with Crippen LogP contribution in [0.1, 0.15) is 17.4 Å². The molecule has 3 heteroatoms. The second kappa shape index (κ2) is 5.43. The first-order chi connectivity index (χ1) is 9.33. The molecule has 0 aromatic heterocycles. The fraction of sp³-hybridized carbons (Fsp3) is 0.250. The molecular formula is C16H16O3. The Labute approximate surface area is 112 Å². The Balaban J connectivity index is 1.81. The molecule has 0 aliphatic carbocycles. The molecule has 3 rings (SSSR count). The average molecular weight is 256 g/mol. The summed E-state index contributed by atoms with van der Waals surface area (Å²) in [6.07, 6.45) is -0.263. The number of rotatable bonds is 3. The van der Waals surface area contributed by atoms with Crippen molar-refractivity contribution in [3.8, 4) is 11.5 Å². The van der Waals surface area contributed by atoms with Gasteiger partial charge >= 0.3 is 0 Å². The molecule has 2 aromatic carbocycles. The zero-order chi connectivity index (χ0) is 13.1. The SMILES string of the molecule is Cc1ccccc1Oc1cccc(C2OCCO2)c1. The van der Waals surface area contributed by atoms with Gasteiger partial charge in [-0.15, -0.1) is 0 Å². The molecule has 1 aliphatic heterocycles. The van der Waals surface area contributed by atoms with E-state index < -0.39 is 0 Å². The summed E-state index contributed by atoms with van der Waals surface area (Å²) < 4.78 is 16.9. The van der Waals surface area contributed by atoms with E-state index in [1.54, 1.807) is 0 Å². The second-order valence-electron chi connectivity index (χ2n) is 4.51. The highest BCUT2D eigenvalue weighted by molar-refractivity contribution is 5.38. The predicted octanol–water partition coefficient (Wildman–Crippen LogP) is 3.83. The molecule has 1 saturated heterocycles. The first kappa shape index (κ1) is 12.2. The summed E-state index contributed by atoms with van der Waals surface area (Å²) in [4.78, 5) is 0. The minimum atomic E-state index is -0.263. The lowest BCUT2D eigenvalue weighted by Crippen LogP contribution is -1.98. The molecule has 1 aliphatic rings. The van der Waals surface area contributed by atoms with Crippen molar-refractivity contribution in [1.29, 1.82) is 0 Å². The third kappa shape index (κ3) is 2.78. The minimum absolute atomic E-state index is 0.263. The van der Waals surface area contributed by atoms with E-state index >= 15 is 0 Å². The van der Waals surface area contributed by atoms with Crippen LogP contribution in [-0.2, 0) is 9.47 Å². The Hall–Kier alpha value is -1.84. The van der Waals surface area contributed by atoms with Gasteiger partial charge in [0, 0.05) is 5.56 Å². The van der Waals surface area contributed by atoms with Crippen LogP contribution < -0.4 is 4.74 Å². The molecule has 0 bridgehead atoms. The van der Waals surface area contributed by atoms with Crippen LogP contribution in [0.5, 0.6) is 11.5 Å². The predicted molar refractivity (Wildman–Crippen MR) is 72.3 cm³/mol. The molecule has 1 heterocycles. The first-order valence-electron chi connectivity index (χ1n) is 6.39. The maximum atomic E-state index is 5.90. The number of benzene rings is 2. The topological polar surface area (TPSA) is 27.7 Å². The fourth-order valence-corrected chi connectivity index (χ4v) is 2.07. The summed E-state index contributed by atoms with van der Waals surface area (Å²) in [7, 11) is 0. The highest BCUT2D eigenvalue weighted by Crippen LogP contribution is 2.29. The van der Waals surface area contributed by atoms with Gasteiger partial charge in [-0.3, -0.25) is 0 Å². The van der Waals surface area contributed by atoms with Crippen molar-refractivity contribution in [3.05, 3.63) is 59.7 Å². The quantitative estimate of drug-likeness (QED) is 0.835. The summed E-state index contributed by atoms with van der Waals surface area (Å²) in [5, 5.41) is 0. The number of ether oxygens (including phenoxy) is 3. The van der Waals surface area contributed by atoms with Gasteiger partial charge in [0.2, 0.25) is 0 Å². The van der Waals surface area contributed by atoms with Gasteiger partial charge in [-0.25, -0.2) is 0 Å². The van der Waals surface area contributed by atoms with E-state index in [4.69, 9.17) is 14.2 Å². The standard InChI is InChI=1S/C16H16O3/c1-12-5-2-3-8-15(12)19-14-7-4-6-13(11-14)16-17-9-10-18-16/h2-8,11,16H,9-10H2,1H3. The number of hydrogen-bond acceptors (Lipinski definition) is 3. The molecule has 0 N–H and O–H groups in total. The van der Waals surface area contributed by atoms with Crippen LogP contribution in [0.2, 0.25) is 0 Å². The van der Waals surface area contributed by atoms with Gasteiger partial charge in [-0.05, 0) is 30.7 Å². The second-order valence-corrected chi connectivity index (χ2v) is 4.51. The van der Waals surface area contributed by atoms with Gasteiger partial charge in [-0.1, -0.05) is 30.3 Å². The zero-order valence-corrected chi connectivity index (χ0v) is 10.8. The van der Waals surface area contributed by atoms with Crippen molar-refractivity contribution >= 4 is 0 Å². The van der Waals surface area contributed by atoms with Crippen LogP contribution in [0.15, 0.2) is 48.5 Å². The van der Waals surface area contributed by atoms with E-state index in [1.807, 2.05) is 55.5 Å². The van der Waals surface area contributed by atoms with Gasteiger partial charge in [-0.2, -0.15) is 0 Å².